The van der Waals surface area contributed by atoms with E-state index in [0.717, 1.165) is 41.5 Å². The molecule has 24 heavy (non-hydrogen) atoms. The molecule has 0 aliphatic heterocycles. The molecule has 0 fully saturated rings. The Morgan fingerprint density at radius 3 is 2.79 bits per heavy atom. The quantitative estimate of drug-likeness (QED) is 0.401. The fourth-order valence-corrected chi connectivity index (χ4v) is 2.26. The molecule has 0 atom stereocenters. The van der Waals surface area contributed by atoms with Crippen LogP contribution in [-0.4, -0.2) is 23.0 Å². The molecule has 122 valence electrons. The number of unbranched alkanes of at least 4 members (excludes halogenated alkanes) is 1. The second-order valence-corrected chi connectivity index (χ2v) is 5.42. The number of hydrogen-bond donors (Lipinski definition) is 1. The van der Waals surface area contributed by atoms with E-state index in [9.17, 15) is 0 Å². The Bertz CT molecular complexity index is 810. The summed E-state index contributed by atoms with van der Waals surface area (Å²) in [5.41, 5.74) is 3.94. The third-order valence-electron chi connectivity index (χ3n) is 3.60. The van der Waals surface area contributed by atoms with Gasteiger partial charge in [0, 0.05) is 10.8 Å². The van der Waals surface area contributed by atoms with Crippen LogP contribution in [0.25, 0.3) is 10.8 Å². The number of aromatic nitrogens is 2. The number of nitrogens with zero attached hydrogens (tertiary/aromatic N) is 3. The first-order chi connectivity index (χ1) is 11.9. The molecule has 0 aliphatic carbocycles. The fraction of sp³-hybridized carbons (Fsp3) is 0.211. The van der Waals surface area contributed by atoms with Crippen molar-refractivity contribution in [3.05, 3.63) is 60.3 Å². The van der Waals surface area contributed by atoms with Crippen LogP contribution < -0.4 is 10.2 Å². The van der Waals surface area contributed by atoms with Crippen LogP contribution in [0.4, 0.5) is 5.82 Å². The van der Waals surface area contributed by atoms with Gasteiger partial charge in [-0.1, -0.05) is 37.6 Å². The lowest BCUT2D eigenvalue weighted by Gasteiger charge is -2.05. The highest BCUT2D eigenvalue weighted by Gasteiger charge is 2.00. The minimum absolute atomic E-state index is 0.642. The van der Waals surface area contributed by atoms with Gasteiger partial charge in [0.15, 0.2) is 5.82 Å². The maximum atomic E-state index is 5.64. The summed E-state index contributed by atoms with van der Waals surface area (Å²) in [4.78, 5) is 0. The SMILES string of the molecule is CCCCOc1ccc(/C=N/Nc2nncc3ccccc23)cc1. The molecule has 5 heteroatoms. The topological polar surface area (TPSA) is 59.4 Å². The van der Waals surface area contributed by atoms with E-state index in [2.05, 4.69) is 27.6 Å². The van der Waals surface area contributed by atoms with Gasteiger partial charge in [0.25, 0.3) is 0 Å². The number of fused-ring (bicyclic) bond motifs is 1. The Kier molecular flexibility index (Phi) is 5.35. The Morgan fingerprint density at radius 2 is 1.96 bits per heavy atom. The summed E-state index contributed by atoms with van der Waals surface area (Å²) in [5.74, 6) is 1.53. The van der Waals surface area contributed by atoms with Crippen LogP contribution in [0.3, 0.4) is 0 Å². The highest BCUT2D eigenvalue weighted by molar-refractivity contribution is 5.91. The molecule has 5 nitrogen and oxygen atoms in total. The summed E-state index contributed by atoms with van der Waals surface area (Å²) in [5, 5.41) is 14.3. The number of nitrogens with one attached hydrogen (secondary N) is 1. The van der Waals surface area contributed by atoms with Crippen molar-refractivity contribution in [2.45, 2.75) is 19.8 Å². The normalized spacial score (nSPS) is 11.0. The van der Waals surface area contributed by atoms with Gasteiger partial charge in [-0.3, -0.25) is 5.43 Å². The molecule has 0 amide bonds. The van der Waals surface area contributed by atoms with Crippen molar-refractivity contribution in [2.75, 3.05) is 12.0 Å². The highest BCUT2D eigenvalue weighted by atomic mass is 16.5. The van der Waals surface area contributed by atoms with Crippen molar-refractivity contribution >= 4 is 22.8 Å². The average Bonchev–Trinajstić information content (AvgIpc) is 2.63. The van der Waals surface area contributed by atoms with Crippen LogP contribution in [-0.2, 0) is 0 Å². The maximum Gasteiger partial charge on any atom is 0.176 e. The Morgan fingerprint density at radius 1 is 1.12 bits per heavy atom. The first-order valence-electron chi connectivity index (χ1n) is 8.09. The van der Waals surface area contributed by atoms with Crippen molar-refractivity contribution in [1.82, 2.24) is 10.2 Å². The molecule has 3 aromatic rings. The minimum Gasteiger partial charge on any atom is -0.494 e. The zero-order valence-corrected chi connectivity index (χ0v) is 13.6. The maximum absolute atomic E-state index is 5.64. The van der Waals surface area contributed by atoms with Crippen LogP contribution in [0.1, 0.15) is 25.3 Å². The van der Waals surface area contributed by atoms with Crippen molar-refractivity contribution in [3.63, 3.8) is 0 Å². The molecule has 0 spiro atoms. The molecule has 1 heterocycles. The molecule has 0 saturated heterocycles. The summed E-state index contributed by atoms with van der Waals surface area (Å²) < 4.78 is 5.64. The standard InChI is InChI=1S/C19H20N4O/c1-2-3-12-24-17-10-8-15(9-11-17)13-20-22-19-18-7-5-4-6-16(18)14-21-23-19/h4-11,13-14H,2-3,12H2,1H3,(H,22,23)/b20-13+. The van der Waals surface area contributed by atoms with E-state index < -0.39 is 0 Å². The zero-order chi connectivity index (χ0) is 16.6. The van der Waals surface area contributed by atoms with E-state index in [1.807, 2.05) is 48.5 Å². The molecule has 0 unspecified atom stereocenters. The third-order valence-corrected chi connectivity index (χ3v) is 3.60. The first kappa shape index (κ1) is 15.9. The van der Waals surface area contributed by atoms with Crippen molar-refractivity contribution in [2.24, 2.45) is 5.10 Å². The largest absolute Gasteiger partial charge is 0.494 e. The fourth-order valence-electron chi connectivity index (χ4n) is 2.26. The Balaban J connectivity index is 1.63. The van der Waals surface area contributed by atoms with Gasteiger partial charge in [0.05, 0.1) is 19.0 Å². The van der Waals surface area contributed by atoms with Gasteiger partial charge in [-0.05, 0) is 36.2 Å². The van der Waals surface area contributed by atoms with Crippen LogP contribution in [0.2, 0.25) is 0 Å². The first-order valence-corrected chi connectivity index (χ1v) is 8.09. The van der Waals surface area contributed by atoms with Crippen molar-refractivity contribution in [1.29, 1.82) is 0 Å². The summed E-state index contributed by atoms with van der Waals surface area (Å²) in [6.45, 7) is 2.90. The van der Waals surface area contributed by atoms with Crippen LogP contribution in [0, 0.1) is 0 Å². The van der Waals surface area contributed by atoms with Crippen LogP contribution >= 0.6 is 0 Å². The van der Waals surface area contributed by atoms with Gasteiger partial charge in [0.2, 0.25) is 0 Å². The van der Waals surface area contributed by atoms with E-state index in [4.69, 9.17) is 4.74 Å². The summed E-state index contributed by atoms with van der Waals surface area (Å²) >= 11 is 0. The number of benzene rings is 2. The van der Waals surface area contributed by atoms with E-state index in [1.54, 1.807) is 12.4 Å². The second kappa shape index (κ2) is 8.06. The lowest BCUT2D eigenvalue weighted by atomic mass is 10.2. The highest BCUT2D eigenvalue weighted by Crippen LogP contribution is 2.19. The molecule has 0 radical (unpaired) electrons. The lowest BCUT2D eigenvalue weighted by Crippen LogP contribution is -1.97. The van der Waals surface area contributed by atoms with E-state index in [1.165, 1.54) is 0 Å². The second-order valence-electron chi connectivity index (χ2n) is 5.42. The number of rotatable bonds is 7. The summed E-state index contributed by atoms with van der Waals surface area (Å²) in [7, 11) is 0. The van der Waals surface area contributed by atoms with Gasteiger partial charge in [-0.2, -0.15) is 10.2 Å². The molecule has 2 aromatic carbocycles. The number of ether oxygens (including phenoxy) is 1. The molecule has 3 rings (SSSR count). The lowest BCUT2D eigenvalue weighted by molar-refractivity contribution is 0.309. The number of hydrazone groups is 1. The smallest absolute Gasteiger partial charge is 0.176 e. The third kappa shape index (κ3) is 4.07. The molecular formula is C19H20N4O. The van der Waals surface area contributed by atoms with E-state index >= 15 is 0 Å². The van der Waals surface area contributed by atoms with Crippen molar-refractivity contribution in [3.8, 4) is 5.75 Å². The zero-order valence-electron chi connectivity index (χ0n) is 13.6. The van der Waals surface area contributed by atoms with Gasteiger partial charge < -0.3 is 4.74 Å². The molecular weight excluding hydrogens is 300 g/mol. The van der Waals surface area contributed by atoms with E-state index in [0.29, 0.717) is 5.82 Å². The molecule has 0 saturated carbocycles. The van der Waals surface area contributed by atoms with Gasteiger partial charge >= 0.3 is 0 Å². The molecule has 0 bridgehead atoms. The molecule has 0 aliphatic rings. The van der Waals surface area contributed by atoms with Gasteiger partial charge in [0.1, 0.15) is 5.75 Å². The Hall–Kier alpha value is -2.95. The van der Waals surface area contributed by atoms with Crippen LogP contribution in [0.15, 0.2) is 59.8 Å². The molecule has 1 N–H and O–H groups in total. The summed E-state index contributed by atoms with van der Waals surface area (Å²) in [6, 6.07) is 15.8. The Labute approximate surface area is 141 Å². The van der Waals surface area contributed by atoms with Crippen molar-refractivity contribution < 1.29 is 4.74 Å². The number of anilines is 1. The predicted octanol–water partition coefficient (Wildman–Crippen LogP) is 4.25. The van der Waals surface area contributed by atoms with Gasteiger partial charge in [-0.15, -0.1) is 5.10 Å². The molecule has 1 aromatic heterocycles. The average molecular weight is 320 g/mol. The summed E-state index contributed by atoms with van der Waals surface area (Å²) in [6.07, 6.45) is 5.69. The predicted molar refractivity (Wildman–Crippen MR) is 97.6 cm³/mol. The van der Waals surface area contributed by atoms with Crippen LogP contribution in [0.5, 0.6) is 5.75 Å². The minimum atomic E-state index is 0.642. The van der Waals surface area contributed by atoms with Gasteiger partial charge in [-0.25, -0.2) is 0 Å². The van der Waals surface area contributed by atoms with E-state index in [-0.39, 0.29) is 0 Å². The monoisotopic (exact) mass is 320 g/mol. The number of hydrogen-bond acceptors (Lipinski definition) is 5.